The zero-order chi connectivity index (χ0) is 17.5. The minimum absolute atomic E-state index is 0.0835. The standard InChI is InChI=1S/C16H20ClN3O4/c17-13-4-2-12(3-5-13)15(23)19-8-1-9-20(11-10-19)16(24)18-7-6-14(21)22/h2-5H,1,6-11H2,(H,18,24)(H,21,22). The third kappa shape index (κ3) is 5.13. The van der Waals surface area contributed by atoms with Crippen molar-refractivity contribution in [1.29, 1.82) is 0 Å². The number of hydrogen-bond donors (Lipinski definition) is 2. The third-order valence-corrected chi connectivity index (χ3v) is 4.03. The number of carboxylic acid groups (broad SMARTS) is 1. The molecule has 3 amide bonds. The van der Waals surface area contributed by atoms with Gasteiger partial charge in [-0.1, -0.05) is 11.6 Å². The van der Waals surface area contributed by atoms with E-state index in [1.165, 1.54) is 0 Å². The second-order valence-corrected chi connectivity index (χ2v) is 5.95. The Balaban J connectivity index is 1.87. The zero-order valence-corrected chi connectivity index (χ0v) is 14.0. The molecule has 1 saturated heterocycles. The molecule has 0 unspecified atom stereocenters. The molecule has 2 rings (SSSR count). The van der Waals surface area contributed by atoms with Crippen LogP contribution in [0.1, 0.15) is 23.2 Å². The number of hydrogen-bond acceptors (Lipinski definition) is 3. The number of carboxylic acids is 1. The molecule has 1 aliphatic heterocycles. The van der Waals surface area contributed by atoms with Gasteiger partial charge in [-0.3, -0.25) is 9.59 Å². The molecular weight excluding hydrogens is 334 g/mol. The van der Waals surface area contributed by atoms with Gasteiger partial charge in [0.1, 0.15) is 0 Å². The molecular formula is C16H20ClN3O4. The molecule has 130 valence electrons. The van der Waals surface area contributed by atoms with Crippen molar-refractivity contribution in [1.82, 2.24) is 15.1 Å². The van der Waals surface area contributed by atoms with Gasteiger partial charge in [0.15, 0.2) is 0 Å². The van der Waals surface area contributed by atoms with Gasteiger partial charge in [0.25, 0.3) is 5.91 Å². The van der Waals surface area contributed by atoms with E-state index in [0.717, 1.165) is 0 Å². The Morgan fingerprint density at radius 3 is 2.33 bits per heavy atom. The molecule has 0 saturated carbocycles. The highest BCUT2D eigenvalue weighted by Gasteiger charge is 2.22. The molecule has 1 fully saturated rings. The van der Waals surface area contributed by atoms with Crippen LogP contribution < -0.4 is 5.32 Å². The predicted molar refractivity (Wildman–Crippen MR) is 89.2 cm³/mol. The Hall–Kier alpha value is -2.28. The molecule has 0 spiro atoms. The highest BCUT2D eigenvalue weighted by molar-refractivity contribution is 6.30. The van der Waals surface area contributed by atoms with Gasteiger partial charge < -0.3 is 20.2 Å². The maximum atomic E-state index is 12.5. The molecule has 1 aliphatic rings. The first-order chi connectivity index (χ1) is 11.5. The predicted octanol–water partition coefficient (Wildman–Crippen LogP) is 1.67. The van der Waals surface area contributed by atoms with Gasteiger partial charge in [0.05, 0.1) is 6.42 Å². The molecule has 1 aromatic rings. The Labute approximate surface area is 145 Å². The summed E-state index contributed by atoms with van der Waals surface area (Å²) in [6.45, 7) is 2.05. The number of aliphatic carboxylic acids is 1. The van der Waals surface area contributed by atoms with E-state index in [9.17, 15) is 14.4 Å². The first-order valence-corrected chi connectivity index (χ1v) is 8.14. The number of halogens is 1. The summed E-state index contributed by atoms with van der Waals surface area (Å²) < 4.78 is 0. The maximum Gasteiger partial charge on any atom is 0.317 e. The van der Waals surface area contributed by atoms with Crippen LogP contribution in [0.4, 0.5) is 4.79 Å². The molecule has 2 N–H and O–H groups in total. The second-order valence-electron chi connectivity index (χ2n) is 5.52. The minimum atomic E-state index is -0.953. The number of carbonyl (C=O) groups excluding carboxylic acids is 2. The number of rotatable bonds is 4. The monoisotopic (exact) mass is 353 g/mol. The number of benzene rings is 1. The molecule has 0 atom stereocenters. The fourth-order valence-corrected chi connectivity index (χ4v) is 2.61. The topological polar surface area (TPSA) is 89.9 Å². The first-order valence-electron chi connectivity index (χ1n) is 7.77. The molecule has 8 heteroatoms. The van der Waals surface area contributed by atoms with Crippen molar-refractivity contribution in [3.05, 3.63) is 34.9 Å². The van der Waals surface area contributed by atoms with Crippen LogP contribution in [-0.2, 0) is 4.79 Å². The minimum Gasteiger partial charge on any atom is -0.481 e. The van der Waals surface area contributed by atoms with Gasteiger partial charge in [0.2, 0.25) is 0 Å². The summed E-state index contributed by atoms with van der Waals surface area (Å²) in [6, 6.07) is 6.43. The lowest BCUT2D eigenvalue weighted by Crippen LogP contribution is -2.43. The number of urea groups is 1. The number of nitrogens with zero attached hydrogens (tertiary/aromatic N) is 2. The van der Waals surface area contributed by atoms with Crippen LogP contribution in [0.3, 0.4) is 0 Å². The molecule has 7 nitrogen and oxygen atoms in total. The van der Waals surface area contributed by atoms with E-state index < -0.39 is 5.97 Å². The van der Waals surface area contributed by atoms with Crippen molar-refractivity contribution in [3.8, 4) is 0 Å². The van der Waals surface area contributed by atoms with E-state index in [1.54, 1.807) is 34.1 Å². The summed E-state index contributed by atoms with van der Waals surface area (Å²) in [6.07, 6.45) is 0.562. The summed E-state index contributed by atoms with van der Waals surface area (Å²) in [4.78, 5) is 38.3. The average Bonchev–Trinajstić information content (AvgIpc) is 2.80. The van der Waals surface area contributed by atoms with Crippen LogP contribution in [0.25, 0.3) is 0 Å². The Morgan fingerprint density at radius 2 is 1.67 bits per heavy atom. The molecule has 24 heavy (non-hydrogen) atoms. The summed E-state index contributed by atoms with van der Waals surface area (Å²) in [5.74, 6) is -1.04. The lowest BCUT2D eigenvalue weighted by molar-refractivity contribution is -0.136. The number of amides is 3. The lowest BCUT2D eigenvalue weighted by atomic mass is 10.2. The molecule has 1 heterocycles. The fraction of sp³-hybridized carbons (Fsp3) is 0.438. The highest BCUT2D eigenvalue weighted by Crippen LogP contribution is 2.13. The first kappa shape index (κ1) is 18.1. The Morgan fingerprint density at radius 1 is 1.04 bits per heavy atom. The smallest absolute Gasteiger partial charge is 0.317 e. The molecule has 1 aromatic carbocycles. The lowest BCUT2D eigenvalue weighted by Gasteiger charge is -2.22. The third-order valence-electron chi connectivity index (χ3n) is 3.78. The van der Waals surface area contributed by atoms with Gasteiger partial charge in [-0.05, 0) is 30.7 Å². The van der Waals surface area contributed by atoms with Crippen molar-refractivity contribution < 1.29 is 19.5 Å². The van der Waals surface area contributed by atoms with Crippen molar-refractivity contribution in [2.75, 3.05) is 32.7 Å². The van der Waals surface area contributed by atoms with E-state index >= 15 is 0 Å². The van der Waals surface area contributed by atoms with Crippen molar-refractivity contribution >= 4 is 29.5 Å². The summed E-state index contributed by atoms with van der Waals surface area (Å²) in [5.41, 5.74) is 0.568. The molecule has 0 radical (unpaired) electrons. The van der Waals surface area contributed by atoms with Gasteiger partial charge in [0, 0.05) is 43.3 Å². The zero-order valence-electron chi connectivity index (χ0n) is 13.2. The van der Waals surface area contributed by atoms with E-state index in [2.05, 4.69) is 5.32 Å². The molecule has 0 aromatic heterocycles. The van der Waals surface area contributed by atoms with Crippen LogP contribution in [0.5, 0.6) is 0 Å². The van der Waals surface area contributed by atoms with E-state index in [-0.39, 0.29) is 24.9 Å². The van der Waals surface area contributed by atoms with Crippen molar-refractivity contribution in [2.24, 2.45) is 0 Å². The van der Waals surface area contributed by atoms with Crippen LogP contribution >= 0.6 is 11.6 Å². The van der Waals surface area contributed by atoms with Crippen molar-refractivity contribution in [2.45, 2.75) is 12.8 Å². The fourth-order valence-electron chi connectivity index (χ4n) is 2.49. The summed E-state index contributed by atoms with van der Waals surface area (Å²) in [5, 5.41) is 11.7. The summed E-state index contributed by atoms with van der Waals surface area (Å²) in [7, 11) is 0. The second kappa shape index (κ2) is 8.54. The summed E-state index contributed by atoms with van der Waals surface area (Å²) >= 11 is 5.83. The van der Waals surface area contributed by atoms with Gasteiger partial charge >= 0.3 is 12.0 Å². The van der Waals surface area contributed by atoms with Crippen LogP contribution in [-0.4, -0.2) is 65.5 Å². The van der Waals surface area contributed by atoms with Crippen LogP contribution in [0.15, 0.2) is 24.3 Å². The quantitative estimate of drug-likeness (QED) is 0.861. The largest absolute Gasteiger partial charge is 0.481 e. The van der Waals surface area contributed by atoms with Gasteiger partial charge in [-0.2, -0.15) is 0 Å². The highest BCUT2D eigenvalue weighted by atomic mass is 35.5. The normalized spacial score (nSPS) is 14.9. The van der Waals surface area contributed by atoms with E-state index in [1.807, 2.05) is 0 Å². The number of carbonyl (C=O) groups is 3. The Bertz CT molecular complexity index is 606. The number of nitrogens with one attached hydrogen (secondary N) is 1. The molecule has 0 bridgehead atoms. The average molecular weight is 354 g/mol. The van der Waals surface area contributed by atoms with Gasteiger partial charge in [-0.25, -0.2) is 4.79 Å². The molecule has 0 aliphatic carbocycles. The maximum absolute atomic E-state index is 12.5. The van der Waals surface area contributed by atoms with Gasteiger partial charge in [-0.15, -0.1) is 0 Å². The van der Waals surface area contributed by atoms with Crippen molar-refractivity contribution in [3.63, 3.8) is 0 Å². The van der Waals surface area contributed by atoms with Crippen LogP contribution in [0, 0.1) is 0 Å². The SMILES string of the molecule is O=C(O)CCNC(=O)N1CCCN(C(=O)c2ccc(Cl)cc2)CC1. The Kier molecular flexibility index (Phi) is 6.43. The van der Waals surface area contributed by atoms with E-state index in [4.69, 9.17) is 16.7 Å². The van der Waals surface area contributed by atoms with Crippen LogP contribution in [0.2, 0.25) is 5.02 Å². The van der Waals surface area contributed by atoms with E-state index in [0.29, 0.717) is 43.2 Å².